The first-order valence-corrected chi connectivity index (χ1v) is 6.23. The number of rotatable bonds is 6. The van der Waals surface area contributed by atoms with Gasteiger partial charge in [0.15, 0.2) is 0 Å². The van der Waals surface area contributed by atoms with E-state index in [0.29, 0.717) is 25.0 Å². The molecule has 0 aliphatic carbocycles. The third-order valence-electron chi connectivity index (χ3n) is 1.07. The summed E-state index contributed by atoms with van der Waals surface area (Å²) in [7, 11) is 0. The van der Waals surface area contributed by atoms with E-state index in [1.165, 1.54) is 0 Å². The Hall–Kier alpha value is 1.20. The normalized spacial score (nSPS) is 10.3. The molecule has 0 amide bonds. The van der Waals surface area contributed by atoms with Gasteiger partial charge >= 0.3 is 104 Å². The van der Waals surface area contributed by atoms with Crippen LogP contribution in [0.4, 0.5) is 0 Å². The molecule has 0 aromatic heterocycles. The SMILES string of the molecule is CC(C)C[O][Ti](=[O])[O]CC(C)C.[MgH2]. The van der Waals surface area contributed by atoms with Crippen LogP contribution < -0.4 is 0 Å². The van der Waals surface area contributed by atoms with Gasteiger partial charge in [-0.2, -0.15) is 0 Å². The molecule has 0 atom stereocenters. The maximum Gasteiger partial charge on any atom is 0.316 e. The monoisotopic (exact) mass is 236 g/mol. The Balaban J connectivity index is 0. The van der Waals surface area contributed by atoms with E-state index in [2.05, 4.69) is 0 Å². The van der Waals surface area contributed by atoms with Crippen LogP contribution >= 0.6 is 0 Å². The van der Waals surface area contributed by atoms with Crippen LogP contribution in [0.2, 0.25) is 0 Å². The fourth-order valence-corrected chi connectivity index (χ4v) is 2.11. The zero-order valence-electron chi connectivity index (χ0n) is 8.29. The summed E-state index contributed by atoms with van der Waals surface area (Å²) in [6, 6.07) is 0. The molecule has 0 saturated heterocycles. The summed E-state index contributed by atoms with van der Waals surface area (Å²) in [5.41, 5.74) is 0. The standard InChI is InChI=1S/2C4H9O.Mg.O.Ti.2H/c2*1-4(2)3-5;;;;;/h2*4H,3H2,1-2H3;;;;;/q2*-1;;;+2;;. The largest absolute Gasteiger partial charge is 0.316 e. The first-order chi connectivity index (χ1) is 5.52. The second-order valence-corrected chi connectivity index (χ2v) is 5.34. The Morgan fingerprint density at radius 3 is 1.54 bits per heavy atom. The zero-order valence-corrected chi connectivity index (χ0v) is 9.86. The third-order valence-corrected chi connectivity index (χ3v) is 2.33. The summed E-state index contributed by atoms with van der Waals surface area (Å²) in [6.07, 6.45) is 0. The molecule has 3 nitrogen and oxygen atoms in total. The molecule has 5 heteroatoms. The molecule has 76 valence electrons. The van der Waals surface area contributed by atoms with Gasteiger partial charge in [-0.05, 0) is 0 Å². The summed E-state index contributed by atoms with van der Waals surface area (Å²) in [5, 5.41) is 0. The third kappa shape index (κ3) is 13.2. The predicted molar refractivity (Wildman–Crippen MR) is 50.8 cm³/mol. The molecule has 0 N–H and O–H groups in total. The average Bonchev–Trinajstić information content (AvgIpc) is 1.96. The van der Waals surface area contributed by atoms with Gasteiger partial charge in [0, 0.05) is 0 Å². The summed E-state index contributed by atoms with van der Waals surface area (Å²) in [4.78, 5) is 0. The van der Waals surface area contributed by atoms with Crippen LogP contribution in [0.3, 0.4) is 0 Å². The molecule has 13 heavy (non-hydrogen) atoms. The van der Waals surface area contributed by atoms with Gasteiger partial charge in [-0.3, -0.25) is 0 Å². The van der Waals surface area contributed by atoms with Crippen molar-refractivity contribution in [3.05, 3.63) is 0 Å². The van der Waals surface area contributed by atoms with E-state index in [1.54, 1.807) is 0 Å². The van der Waals surface area contributed by atoms with Crippen molar-refractivity contribution in [2.45, 2.75) is 27.7 Å². The van der Waals surface area contributed by atoms with Crippen molar-refractivity contribution in [2.24, 2.45) is 11.8 Å². The number of hydrogen-bond acceptors (Lipinski definition) is 3. The van der Waals surface area contributed by atoms with Gasteiger partial charge in [0.1, 0.15) is 0 Å². The first-order valence-electron chi connectivity index (χ1n) is 4.32. The van der Waals surface area contributed by atoms with E-state index in [9.17, 15) is 3.32 Å². The smallest absolute Gasteiger partial charge is 0.316 e. The molecule has 0 saturated carbocycles. The van der Waals surface area contributed by atoms with Gasteiger partial charge in [-0.1, -0.05) is 0 Å². The molecule has 0 radical (unpaired) electrons. The molecule has 0 aliphatic heterocycles. The van der Waals surface area contributed by atoms with Crippen molar-refractivity contribution >= 4 is 23.1 Å². The molecule has 0 unspecified atom stereocenters. The minimum absolute atomic E-state index is 0. The zero-order chi connectivity index (χ0) is 9.56. The minimum atomic E-state index is -2.82. The maximum absolute atomic E-state index is 11.1. The maximum atomic E-state index is 11.1. The molecular weight excluding hydrogens is 216 g/mol. The quantitative estimate of drug-likeness (QED) is 0.650. The van der Waals surface area contributed by atoms with Crippen LogP contribution in [0.5, 0.6) is 0 Å². The van der Waals surface area contributed by atoms with E-state index in [0.717, 1.165) is 0 Å². The summed E-state index contributed by atoms with van der Waals surface area (Å²) >= 11 is -2.82. The Kier molecular flexibility index (Phi) is 12.5. The van der Waals surface area contributed by atoms with E-state index in [1.807, 2.05) is 27.7 Å². The van der Waals surface area contributed by atoms with Crippen molar-refractivity contribution in [1.29, 1.82) is 0 Å². The molecule has 0 aromatic carbocycles. The second-order valence-electron chi connectivity index (χ2n) is 3.66. The van der Waals surface area contributed by atoms with Crippen LogP contribution in [0.25, 0.3) is 0 Å². The van der Waals surface area contributed by atoms with E-state index < -0.39 is 18.6 Å². The Morgan fingerprint density at radius 1 is 1.00 bits per heavy atom. The topological polar surface area (TPSA) is 35.5 Å². The van der Waals surface area contributed by atoms with E-state index >= 15 is 0 Å². The van der Waals surface area contributed by atoms with Gasteiger partial charge in [-0.25, -0.2) is 0 Å². The molecule has 0 fully saturated rings. The van der Waals surface area contributed by atoms with Gasteiger partial charge in [0.25, 0.3) is 0 Å². The molecule has 0 spiro atoms. The fourth-order valence-electron chi connectivity index (χ4n) is 0.511. The minimum Gasteiger partial charge on any atom is 0.316 e. The summed E-state index contributed by atoms with van der Waals surface area (Å²) in [6.45, 7) is 9.16. The van der Waals surface area contributed by atoms with Crippen molar-refractivity contribution in [2.75, 3.05) is 13.2 Å². The Morgan fingerprint density at radius 2 is 1.31 bits per heavy atom. The Labute approximate surface area is 104 Å². The molecule has 0 heterocycles. The average molecular weight is 236 g/mol. The van der Waals surface area contributed by atoms with Crippen LogP contribution in [-0.4, -0.2) is 36.3 Å². The van der Waals surface area contributed by atoms with Gasteiger partial charge < -0.3 is 0 Å². The van der Waals surface area contributed by atoms with Crippen molar-refractivity contribution < 1.29 is 28.6 Å². The predicted octanol–water partition coefficient (Wildman–Crippen LogP) is 1.21. The van der Waals surface area contributed by atoms with Crippen molar-refractivity contribution in [1.82, 2.24) is 0 Å². The van der Waals surface area contributed by atoms with Crippen molar-refractivity contribution in [3.63, 3.8) is 0 Å². The van der Waals surface area contributed by atoms with Gasteiger partial charge in [-0.15, -0.1) is 0 Å². The summed E-state index contributed by atoms with van der Waals surface area (Å²) < 4.78 is 21.1. The fraction of sp³-hybridized carbons (Fsp3) is 1.00. The number of hydrogen-bond donors (Lipinski definition) is 0. The van der Waals surface area contributed by atoms with Crippen molar-refractivity contribution in [3.8, 4) is 0 Å². The molecule has 0 rings (SSSR count). The summed E-state index contributed by atoms with van der Waals surface area (Å²) in [5.74, 6) is 0.841. The molecular formula is C8H20MgO3Ti. The van der Waals surface area contributed by atoms with Gasteiger partial charge in [0.05, 0.1) is 0 Å². The first kappa shape index (κ1) is 16.6. The van der Waals surface area contributed by atoms with Crippen LogP contribution in [0, 0.1) is 11.8 Å². The molecule has 0 bridgehead atoms. The van der Waals surface area contributed by atoms with Crippen LogP contribution in [0.1, 0.15) is 27.7 Å². The van der Waals surface area contributed by atoms with E-state index in [-0.39, 0.29) is 23.1 Å². The van der Waals surface area contributed by atoms with Crippen LogP contribution in [-0.2, 0) is 28.6 Å². The second kappa shape index (κ2) is 9.74. The molecule has 0 aliphatic rings. The molecule has 0 aromatic rings. The van der Waals surface area contributed by atoms with Crippen LogP contribution in [0.15, 0.2) is 0 Å². The Bertz CT molecular complexity index is 125. The van der Waals surface area contributed by atoms with E-state index in [4.69, 9.17) is 6.64 Å². The van der Waals surface area contributed by atoms with Gasteiger partial charge in [0.2, 0.25) is 0 Å².